The Labute approximate surface area is 85.0 Å². The summed E-state index contributed by atoms with van der Waals surface area (Å²) in [6.07, 6.45) is 10.3. The standard InChI is InChI=1S/C12H18O2/c13-11-7-3-2-6-10(11)12(14)8-4-1-5-9-12/h3,7,10,14H,1-2,4-6,8-9H2. The minimum atomic E-state index is -0.680. The first kappa shape index (κ1) is 9.91. The first-order valence-corrected chi connectivity index (χ1v) is 5.65. The van der Waals surface area contributed by atoms with E-state index >= 15 is 0 Å². The zero-order valence-corrected chi connectivity index (χ0v) is 8.54. The second-order valence-electron chi connectivity index (χ2n) is 4.60. The van der Waals surface area contributed by atoms with Gasteiger partial charge in [0.05, 0.1) is 11.5 Å². The molecule has 1 atom stereocenters. The van der Waals surface area contributed by atoms with Crippen molar-refractivity contribution in [3.05, 3.63) is 12.2 Å². The molecule has 0 heterocycles. The van der Waals surface area contributed by atoms with E-state index in [1.165, 1.54) is 6.42 Å². The largest absolute Gasteiger partial charge is 0.389 e. The number of hydrogen-bond acceptors (Lipinski definition) is 2. The highest BCUT2D eigenvalue weighted by atomic mass is 16.3. The average molecular weight is 194 g/mol. The van der Waals surface area contributed by atoms with E-state index in [1.807, 2.05) is 6.08 Å². The summed E-state index contributed by atoms with van der Waals surface area (Å²) < 4.78 is 0. The molecule has 14 heavy (non-hydrogen) atoms. The van der Waals surface area contributed by atoms with Crippen LogP contribution < -0.4 is 0 Å². The molecule has 0 aliphatic heterocycles. The van der Waals surface area contributed by atoms with Gasteiger partial charge in [0.2, 0.25) is 0 Å². The molecule has 1 unspecified atom stereocenters. The third-order valence-corrected chi connectivity index (χ3v) is 3.62. The maximum absolute atomic E-state index is 11.7. The fourth-order valence-corrected chi connectivity index (χ4v) is 2.77. The fraction of sp³-hybridized carbons (Fsp3) is 0.750. The highest BCUT2D eigenvalue weighted by molar-refractivity contribution is 5.93. The summed E-state index contributed by atoms with van der Waals surface area (Å²) in [7, 11) is 0. The Hall–Kier alpha value is -0.630. The van der Waals surface area contributed by atoms with Gasteiger partial charge in [0.25, 0.3) is 0 Å². The second kappa shape index (κ2) is 3.85. The van der Waals surface area contributed by atoms with Crippen molar-refractivity contribution in [1.29, 1.82) is 0 Å². The number of carbonyl (C=O) groups excluding carboxylic acids is 1. The number of carbonyl (C=O) groups is 1. The van der Waals surface area contributed by atoms with Gasteiger partial charge in [-0.1, -0.05) is 25.3 Å². The van der Waals surface area contributed by atoms with Crippen LogP contribution >= 0.6 is 0 Å². The zero-order valence-electron chi connectivity index (χ0n) is 8.54. The van der Waals surface area contributed by atoms with Gasteiger partial charge in [-0.05, 0) is 31.8 Å². The van der Waals surface area contributed by atoms with Gasteiger partial charge in [-0.25, -0.2) is 0 Å². The molecular weight excluding hydrogens is 176 g/mol. The van der Waals surface area contributed by atoms with Crippen molar-refractivity contribution in [2.45, 2.75) is 50.5 Å². The molecule has 2 heteroatoms. The number of aliphatic hydroxyl groups is 1. The number of ketones is 1. The smallest absolute Gasteiger partial charge is 0.161 e. The fourth-order valence-electron chi connectivity index (χ4n) is 2.77. The lowest BCUT2D eigenvalue weighted by atomic mass is 9.71. The molecular formula is C12H18O2. The van der Waals surface area contributed by atoms with Crippen molar-refractivity contribution in [3.63, 3.8) is 0 Å². The molecule has 2 aliphatic carbocycles. The van der Waals surface area contributed by atoms with Crippen LogP contribution in [-0.4, -0.2) is 16.5 Å². The van der Waals surface area contributed by atoms with Crippen molar-refractivity contribution in [2.24, 2.45) is 5.92 Å². The van der Waals surface area contributed by atoms with Crippen LogP contribution in [0.15, 0.2) is 12.2 Å². The van der Waals surface area contributed by atoms with Gasteiger partial charge in [0.15, 0.2) is 5.78 Å². The minimum Gasteiger partial charge on any atom is -0.389 e. The third-order valence-electron chi connectivity index (χ3n) is 3.62. The van der Waals surface area contributed by atoms with E-state index in [0.29, 0.717) is 0 Å². The van der Waals surface area contributed by atoms with Crippen LogP contribution in [0.5, 0.6) is 0 Å². The topological polar surface area (TPSA) is 37.3 Å². The molecule has 1 N–H and O–H groups in total. The maximum Gasteiger partial charge on any atom is 0.161 e. The zero-order chi connectivity index (χ0) is 10.0. The molecule has 1 saturated carbocycles. The molecule has 2 aliphatic rings. The lowest BCUT2D eigenvalue weighted by Gasteiger charge is -2.38. The molecule has 0 aromatic rings. The summed E-state index contributed by atoms with van der Waals surface area (Å²) in [6, 6.07) is 0. The SMILES string of the molecule is O=C1C=CCCC1C1(O)CCCCC1. The molecule has 2 rings (SSSR count). The summed E-state index contributed by atoms with van der Waals surface area (Å²) in [6.45, 7) is 0. The van der Waals surface area contributed by atoms with Gasteiger partial charge < -0.3 is 5.11 Å². The van der Waals surface area contributed by atoms with Crippen LogP contribution in [0.4, 0.5) is 0 Å². The first-order chi connectivity index (χ1) is 6.72. The Kier molecular flexibility index (Phi) is 2.73. The monoisotopic (exact) mass is 194 g/mol. The Morgan fingerprint density at radius 3 is 2.64 bits per heavy atom. The Bertz CT molecular complexity index is 249. The number of allylic oxidation sites excluding steroid dienone is 2. The van der Waals surface area contributed by atoms with Crippen LogP contribution in [-0.2, 0) is 4.79 Å². The van der Waals surface area contributed by atoms with E-state index in [2.05, 4.69) is 0 Å². The summed E-state index contributed by atoms with van der Waals surface area (Å²) in [5, 5.41) is 10.4. The van der Waals surface area contributed by atoms with Gasteiger partial charge in [0.1, 0.15) is 0 Å². The minimum absolute atomic E-state index is 0.118. The maximum atomic E-state index is 11.7. The summed E-state index contributed by atoms with van der Waals surface area (Å²) in [5.74, 6) is 0.0217. The highest BCUT2D eigenvalue weighted by Crippen LogP contribution is 2.38. The van der Waals surface area contributed by atoms with Gasteiger partial charge in [-0.2, -0.15) is 0 Å². The molecule has 0 radical (unpaired) electrons. The summed E-state index contributed by atoms with van der Waals surface area (Å²) >= 11 is 0. The number of rotatable bonds is 1. The van der Waals surface area contributed by atoms with Crippen LogP contribution in [0, 0.1) is 5.92 Å². The third kappa shape index (κ3) is 1.76. The van der Waals surface area contributed by atoms with Gasteiger partial charge in [-0.15, -0.1) is 0 Å². The lowest BCUT2D eigenvalue weighted by molar-refractivity contribution is -0.131. The molecule has 0 aromatic heterocycles. The molecule has 78 valence electrons. The van der Waals surface area contributed by atoms with Crippen molar-refractivity contribution >= 4 is 5.78 Å². The van der Waals surface area contributed by atoms with Crippen molar-refractivity contribution in [1.82, 2.24) is 0 Å². The molecule has 0 amide bonds. The molecule has 2 nitrogen and oxygen atoms in total. The van der Waals surface area contributed by atoms with Gasteiger partial charge in [0, 0.05) is 0 Å². The predicted molar refractivity (Wildman–Crippen MR) is 54.9 cm³/mol. The quantitative estimate of drug-likeness (QED) is 0.695. The predicted octanol–water partition coefficient (Wildman–Crippen LogP) is 2.22. The number of hydrogen-bond donors (Lipinski definition) is 1. The lowest BCUT2D eigenvalue weighted by Crippen LogP contribution is -2.44. The molecule has 1 fully saturated rings. The Balaban J connectivity index is 2.11. The average Bonchev–Trinajstić information content (AvgIpc) is 2.19. The summed E-state index contributed by atoms with van der Waals surface area (Å²) in [4.78, 5) is 11.7. The molecule has 0 spiro atoms. The van der Waals surface area contributed by atoms with E-state index in [1.54, 1.807) is 6.08 Å². The van der Waals surface area contributed by atoms with E-state index in [0.717, 1.165) is 38.5 Å². The first-order valence-electron chi connectivity index (χ1n) is 5.65. The van der Waals surface area contributed by atoms with Crippen LogP contribution in [0.3, 0.4) is 0 Å². The van der Waals surface area contributed by atoms with Crippen molar-refractivity contribution in [3.8, 4) is 0 Å². The van der Waals surface area contributed by atoms with Crippen molar-refractivity contribution < 1.29 is 9.90 Å². The van der Waals surface area contributed by atoms with E-state index in [9.17, 15) is 9.90 Å². The van der Waals surface area contributed by atoms with E-state index < -0.39 is 5.60 Å². The van der Waals surface area contributed by atoms with Crippen LogP contribution in [0.2, 0.25) is 0 Å². The van der Waals surface area contributed by atoms with Gasteiger partial charge in [-0.3, -0.25) is 4.79 Å². The van der Waals surface area contributed by atoms with Crippen LogP contribution in [0.1, 0.15) is 44.9 Å². The van der Waals surface area contributed by atoms with E-state index in [4.69, 9.17) is 0 Å². The van der Waals surface area contributed by atoms with Crippen molar-refractivity contribution in [2.75, 3.05) is 0 Å². The Morgan fingerprint density at radius 1 is 1.29 bits per heavy atom. The Morgan fingerprint density at radius 2 is 2.00 bits per heavy atom. The molecule has 0 saturated heterocycles. The normalized spacial score (nSPS) is 31.8. The highest BCUT2D eigenvalue weighted by Gasteiger charge is 2.41. The summed E-state index contributed by atoms with van der Waals surface area (Å²) in [5.41, 5.74) is -0.680. The molecule has 0 aromatic carbocycles. The van der Waals surface area contributed by atoms with Crippen LogP contribution in [0.25, 0.3) is 0 Å². The molecule has 0 bridgehead atoms. The second-order valence-corrected chi connectivity index (χ2v) is 4.60. The van der Waals surface area contributed by atoms with E-state index in [-0.39, 0.29) is 11.7 Å². The van der Waals surface area contributed by atoms with Gasteiger partial charge >= 0.3 is 0 Å².